The van der Waals surface area contributed by atoms with Crippen LogP contribution in [0, 0.1) is 11.8 Å². The number of alkyl carbamates (subject to hydrolysis) is 1. The summed E-state index contributed by atoms with van der Waals surface area (Å²) in [6.45, 7) is 8.62. The number of piperidine rings is 1. The molecule has 2 amide bonds. The molecule has 1 saturated heterocycles. The van der Waals surface area contributed by atoms with Gasteiger partial charge in [-0.15, -0.1) is 0 Å². The summed E-state index contributed by atoms with van der Waals surface area (Å²) >= 11 is 0. The minimum Gasteiger partial charge on any atom is -0.425 e. The molecule has 0 aromatic rings. The van der Waals surface area contributed by atoms with E-state index in [2.05, 4.69) is 5.32 Å². The number of hydrogen-bond donors (Lipinski definition) is 2. The summed E-state index contributed by atoms with van der Waals surface area (Å²) in [5.41, 5.74) is 0. The molecule has 0 aromatic carbocycles. The molecule has 2 N–H and O–H groups in total. The molecular weight excluding hydrogens is 375 g/mol. The average Bonchev–Trinajstić information content (AvgIpc) is 2.60. The molecule has 0 saturated carbocycles. The van der Waals surface area contributed by atoms with E-state index in [4.69, 9.17) is 9.47 Å². The quantitative estimate of drug-likeness (QED) is 0.377. The first-order chi connectivity index (χ1) is 12.5. The van der Waals surface area contributed by atoms with Gasteiger partial charge >= 0.3 is 12.1 Å². The summed E-state index contributed by atoms with van der Waals surface area (Å²) in [5.74, 6) is -1.27. The highest BCUT2D eigenvalue weighted by molar-refractivity contribution is 7.25. The number of nitrogens with zero attached hydrogens (tertiary/aromatic N) is 1. The Kier molecular flexibility index (Phi) is 8.62. The SMILES string of the molecule is CC(=O)N1CCC(C(O)(P=O)C(C)NC(=O)OC(C)OC(=O)C(C)C)CC1. The Balaban J connectivity index is 2.62. The number of hydrogen-bond acceptors (Lipinski definition) is 7. The lowest BCUT2D eigenvalue weighted by Crippen LogP contribution is -2.54. The molecular formula is C17H29N2O7P. The van der Waals surface area contributed by atoms with E-state index in [0.717, 1.165) is 0 Å². The molecule has 9 nitrogen and oxygen atoms in total. The normalized spacial score (nSPS) is 19.9. The fraction of sp³-hybridized carbons (Fsp3) is 0.824. The van der Waals surface area contributed by atoms with E-state index in [-0.39, 0.29) is 17.7 Å². The Bertz CT molecular complexity index is 563. The second-order valence-corrected chi connectivity index (χ2v) is 7.98. The highest BCUT2D eigenvalue weighted by Gasteiger charge is 2.45. The van der Waals surface area contributed by atoms with Gasteiger partial charge in [-0.05, 0) is 19.8 Å². The number of aliphatic hydroxyl groups is 1. The molecule has 1 aliphatic heterocycles. The fourth-order valence-electron chi connectivity index (χ4n) is 2.92. The highest BCUT2D eigenvalue weighted by Crippen LogP contribution is 2.38. The molecule has 1 aliphatic rings. The Morgan fingerprint density at radius 2 is 1.70 bits per heavy atom. The lowest BCUT2D eigenvalue weighted by atomic mass is 9.87. The van der Waals surface area contributed by atoms with Crippen LogP contribution < -0.4 is 5.32 Å². The molecule has 0 bridgehead atoms. The zero-order valence-corrected chi connectivity index (χ0v) is 17.3. The minimum atomic E-state index is -1.69. The first-order valence-electron chi connectivity index (χ1n) is 9.01. The van der Waals surface area contributed by atoms with E-state index < -0.39 is 38.2 Å². The molecule has 0 aliphatic carbocycles. The lowest BCUT2D eigenvalue weighted by Gasteiger charge is -2.40. The van der Waals surface area contributed by atoms with Crippen LogP contribution in [0.1, 0.15) is 47.5 Å². The van der Waals surface area contributed by atoms with Gasteiger partial charge in [-0.1, -0.05) is 13.8 Å². The molecule has 27 heavy (non-hydrogen) atoms. The number of ether oxygens (including phenoxy) is 2. The van der Waals surface area contributed by atoms with Gasteiger partial charge in [-0.2, -0.15) is 0 Å². The van der Waals surface area contributed by atoms with E-state index in [0.29, 0.717) is 25.9 Å². The van der Waals surface area contributed by atoms with Gasteiger partial charge in [0, 0.05) is 32.9 Å². The molecule has 0 spiro atoms. The van der Waals surface area contributed by atoms with Crippen molar-refractivity contribution in [2.24, 2.45) is 11.8 Å². The molecule has 0 radical (unpaired) electrons. The lowest BCUT2D eigenvalue weighted by molar-refractivity contribution is -0.168. The predicted octanol–water partition coefficient (Wildman–Crippen LogP) is 1.89. The second kappa shape index (κ2) is 9.99. The maximum atomic E-state index is 12.0. The van der Waals surface area contributed by atoms with Gasteiger partial charge in [-0.3, -0.25) is 14.2 Å². The van der Waals surface area contributed by atoms with Gasteiger partial charge in [0.15, 0.2) is 13.8 Å². The van der Waals surface area contributed by atoms with Gasteiger partial charge in [0.25, 0.3) is 0 Å². The van der Waals surface area contributed by atoms with Crippen molar-refractivity contribution >= 4 is 26.4 Å². The number of esters is 1. The molecule has 0 aromatic heterocycles. The van der Waals surface area contributed by atoms with Crippen molar-refractivity contribution in [3.63, 3.8) is 0 Å². The summed E-state index contributed by atoms with van der Waals surface area (Å²) in [7, 11) is -0.524. The van der Waals surface area contributed by atoms with Crippen molar-refractivity contribution in [1.29, 1.82) is 0 Å². The first-order valence-corrected chi connectivity index (χ1v) is 9.82. The Labute approximate surface area is 161 Å². The van der Waals surface area contributed by atoms with E-state index >= 15 is 0 Å². The number of rotatable bonds is 7. The molecule has 1 heterocycles. The van der Waals surface area contributed by atoms with Crippen LogP contribution in [0.15, 0.2) is 0 Å². The number of likely N-dealkylation sites (tertiary alicyclic amines) is 1. The van der Waals surface area contributed by atoms with Crippen molar-refractivity contribution < 1.29 is 33.5 Å². The van der Waals surface area contributed by atoms with Gasteiger partial charge in [0.1, 0.15) is 0 Å². The topological polar surface area (TPSA) is 122 Å². The first kappa shape index (κ1) is 23.3. The molecule has 1 fully saturated rings. The summed E-state index contributed by atoms with van der Waals surface area (Å²) < 4.78 is 21.6. The number of amides is 2. The molecule has 10 heteroatoms. The van der Waals surface area contributed by atoms with Crippen LogP contribution >= 0.6 is 8.46 Å². The monoisotopic (exact) mass is 404 g/mol. The number of nitrogens with one attached hydrogen (secondary N) is 1. The van der Waals surface area contributed by atoms with Crippen LogP contribution in [0.2, 0.25) is 0 Å². The smallest absolute Gasteiger partial charge is 0.410 e. The third kappa shape index (κ3) is 6.43. The van der Waals surface area contributed by atoms with Crippen LogP contribution in [0.3, 0.4) is 0 Å². The highest BCUT2D eigenvalue weighted by atomic mass is 31.1. The largest absolute Gasteiger partial charge is 0.425 e. The molecule has 154 valence electrons. The predicted molar refractivity (Wildman–Crippen MR) is 97.0 cm³/mol. The summed E-state index contributed by atoms with van der Waals surface area (Å²) in [4.78, 5) is 36.6. The van der Waals surface area contributed by atoms with E-state index in [1.807, 2.05) is 0 Å². The van der Waals surface area contributed by atoms with Gasteiger partial charge < -0.3 is 24.8 Å². The maximum Gasteiger partial charge on any atom is 0.410 e. The van der Waals surface area contributed by atoms with E-state index in [1.54, 1.807) is 18.7 Å². The van der Waals surface area contributed by atoms with E-state index in [1.165, 1.54) is 20.8 Å². The number of carbonyl (C=O) groups excluding carboxylic acids is 3. The van der Waals surface area contributed by atoms with Gasteiger partial charge in [0.05, 0.1) is 12.0 Å². The number of carbonyl (C=O) groups is 3. The average molecular weight is 404 g/mol. The van der Waals surface area contributed by atoms with Crippen molar-refractivity contribution in [3.05, 3.63) is 0 Å². The van der Waals surface area contributed by atoms with Crippen LogP contribution in [0.4, 0.5) is 4.79 Å². The Hall–Kier alpha value is -1.73. The van der Waals surface area contributed by atoms with Gasteiger partial charge in [0.2, 0.25) is 12.2 Å². The summed E-state index contributed by atoms with van der Waals surface area (Å²) in [6, 6.07) is -0.883. The fourth-order valence-corrected chi connectivity index (χ4v) is 3.55. The zero-order valence-electron chi connectivity index (χ0n) is 16.4. The van der Waals surface area contributed by atoms with Crippen molar-refractivity contribution in [1.82, 2.24) is 10.2 Å². The zero-order chi connectivity index (χ0) is 20.8. The van der Waals surface area contributed by atoms with Crippen LogP contribution in [-0.4, -0.2) is 58.7 Å². The standard InChI is InChI=1S/C17H29N2O7P/c1-10(2)15(21)25-13(5)26-16(22)18-11(3)17(23,27-24)14-6-8-19(9-7-14)12(4)20/h10-11,13-14,23H,6-9H2,1-5H3,(H,18,22). The van der Waals surface area contributed by atoms with Crippen LogP contribution in [0.25, 0.3) is 0 Å². The third-order valence-electron chi connectivity index (χ3n) is 4.69. The minimum absolute atomic E-state index is 0.0450. The maximum absolute atomic E-state index is 12.0. The van der Waals surface area contributed by atoms with Crippen LogP contribution in [0.5, 0.6) is 0 Å². The van der Waals surface area contributed by atoms with Crippen LogP contribution in [-0.2, 0) is 23.6 Å². The summed E-state index contributed by atoms with van der Waals surface area (Å²) in [5, 5.41) is 11.6. The molecule has 3 unspecified atom stereocenters. The Morgan fingerprint density at radius 1 is 1.15 bits per heavy atom. The van der Waals surface area contributed by atoms with Gasteiger partial charge in [-0.25, -0.2) is 4.79 Å². The second-order valence-electron chi connectivity index (χ2n) is 7.09. The summed E-state index contributed by atoms with van der Waals surface area (Å²) in [6.07, 6.45) is -1.05. The van der Waals surface area contributed by atoms with Crippen molar-refractivity contribution in [3.8, 4) is 0 Å². The van der Waals surface area contributed by atoms with E-state index in [9.17, 15) is 24.1 Å². The Morgan fingerprint density at radius 3 is 2.15 bits per heavy atom. The third-order valence-corrected chi connectivity index (χ3v) is 5.73. The van der Waals surface area contributed by atoms with Crippen molar-refractivity contribution in [2.75, 3.05) is 13.1 Å². The molecule has 1 rings (SSSR count). The molecule has 3 atom stereocenters. The van der Waals surface area contributed by atoms with Crippen molar-refractivity contribution in [2.45, 2.75) is 65.1 Å².